The molecule has 1 rings (SSSR count). The van der Waals surface area contributed by atoms with Gasteiger partial charge in [-0.05, 0) is 18.6 Å². The Bertz CT molecular complexity index is 304. The van der Waals surface area contributed by atoms with Crippen LogP contribution in [0.1, 0.15) is 35.1 Å². The van der Waals surface area contributed by atoms with Gasteiger partial charge >= 0.3 is 0 Å². The molecule has 66 valence electrons. The maximum absolute atomic E-state index is 12.1. The Morgan fingerprint density at radius 3 is 2.42 bits per heavy atom. The van der Waals surface area contributed by atoms with Crippen molar-refractivity contribution >= 4 is 5.78 Å². The lowest BCUT2D eigenvalue weighted by Gasteiger charge is -1.92. The summed E-state index contributed by atoms with van der Waals surface area (Å²) in [7, 11) is 0. The number of hydrogen-bond donors (Lipinski definition) is 1. The molecule has 0 saturated carbocycles. The fourth-order valence-electron chi connectivity index (χ4n) is 1.07. The predicted octanol–water partition coefficient (Wildman–Crippen LogP) is 2.46. The van der Waals surface area contributed by atoms with Gasteiger partial charge in [-0.25, -0.2) is 8.78 Å². The molecule has 0 aliphatic rings. The number of Topliss-reactive ketones (excluding diaryl/α,β-unsaturated/α-hetero) is 1. The van der Waals surface area contributed by atoms with Gasteiger partial charge in [0, 0.05) is 6.92 Å². The molecule has 0 radical (unpaired) electrons. The Balaban J connectivity index is 3.09. The number of halogens is 2. The topological polar surface area (TPSA) is 32.9 Å². The molecule has 1 heterocycles. The first-order valence-corrected chi connectivity index (χ1v) is 3.51. The van der Waals surface area contributed by atoms with Crippen LogP contribution in [0.15, 0.2) is 6.07 Å². The molecular formula is C8H9F2NO. The van der Waals surface area contributed by atoms with Crippen molar-refractivity contribution in [1.82, 2.24) is 4.98 Å². The van der Waals surface area contributed by atoms with Crippen molar-refractivity contribution in [3.8, 4) is 0 Å². The Labute approximate surface area is 68.6 Å². The zero-order valence-electron chi connectivity index (χ0n) is 6.82. The predicted molar refractivity (Wildman–Crippen MR) is 40.5 cm³/mol. The van der Waals surface area contributed by atoms with Crippen molar-refractivity contribution in [2.24, 2.45) is 0 Å². The zero-order valence-corrected chi connectivity index (χ0v) is 6.82. The molecule has 0 aromatic carbocycles. The molecule has 0 bridgehead atoms. The van der Waals surface area contributed by atoms with E-state index in [2.05, 4.69) is 4.98 Å². The number of ketones is 1. The molecule has 1 aromatic heterocycles. The van der Waals surface area contributed by atoms with E-state index in [9.17, 15) is 13.6 Å². The van der Waals surface area contributed by atoms with E-state index < -0.39 is 6.43 Å². The molecule has 0 amide bonds. The van der Waals surface area contributed by atoms with E-state index in [0.717, 1.165) is 0 Å². The Hall–Kier alpha value is -1.19. The first kappa shape index (κ1) is 8.90. The summed E-state index contributed by atoms with van der Waals surface area (Å²) in [5.41, 5.74) is 0.640. The maximum atomic E-state index is 12.1. The number of nitrogens with one attached hydrogen (secondary N) is 1. The molecule has 1 aromatic rings. The zero-order chi connectivity index (χ0) is 9.30. The van der Waals surface area contributed by atoms with Crippen LogP contribution in [0.5, 0.6) is 0 Å². The van der Waals surface area contributed by atoms with E-state index in [1.165, 1.54) is 13.0 Å². The highest BCUT2D eigenvalue weighted by atomic mass is 19.3. The van der Waals surface area contributed by atoms with Crippen LogP contribution in [0.2, 0.25) is 0 Å². The standard InChI is InChI=1S/C8H9F2NO/c1-4-3-6(8(9)10)11-7(4)5(2)12/h3,8,11H,1-2H3. The molecule has 0 aliphatic heterocycles. The highest BCUT2D eigenvalue weighted by Gasteiger charge is 2.14. The van der Waals surface area contributed by atoms with Gasteiger partial charge in [0.15, 0.2) is 5.78 Å². The minimum Gasteiger partial charge on any atom is -0.351 e. The Kier molecular flexibility index (Phi) is 2.26. The molecule has 0 atom stereocenters. The number of alkyl halides is 2. The first-order chi connectivity index (χ1) is 5.52. The van der Waals surface area contributed by atoms with Gasteiger partial charge in [0.25, 0.3) is 6.43 Å². The summed E-state index contributed by atoms with van der Waals surface area (Å²) >= 11 is 0. The van der Waals surface area contributed by atoms with Crippen LogP contribution in [0, 0.1) is 6.92 Å². The van der Waals surface area contributed by atoms with Gasteiger partial charge in [0.05, 0.1) is 11.4 Å². The van der Waals surface area contributed by atoms with E-state index in [0.29, 0.717) is 5.56 Å². The molecular weight excluding hydrogens is 164 g/mol. The number of carbonyl (C=O) groups is 1. The molecule has 1 N–H and O–H groups in total. The van der Waals surface area contributed by atoms with Crippen molar-refractivity contribution < 1.29 is 13.6 Å². The molecule has 0 aliphatic carbocycles. The Morgan fingerprint density at radius 1 is 1.58 bits per heavy atom. The molecule has 0 unspecified atom stereocenters. The second kappa shape index (κ2) is 3.05. The van der Waals surface area contributed by atoms with Gasteiger partial charge in [-0.3, -0.25) is 4.79 Å². The largest absolute Gasteiger partial charge is 0.351 e. The highest BCUT2D eigenvalue weighted by Crippen LogP contribution is 2.20. The summed E-state index contributed by atoms with van der Waals surface area (Å²) in [6.45, 7) is 2.97. The summed E-state index contributed by atoms with van der Waals surface area (Å²) in [5, 5.41) is 0. The molecule has 12 heavy (non-hydrogen) atoms. The Morgan fingerprint density at radius 2 is 2.17 bits per heavy atom. The van der Waals surface area contributed by atoms with Crippen molar-refractivity contribution in [2.45, 2.75) is 20.3 Å². The lowest BCUT2D eigenvalue weighted by molar-refractivity contribution is 0.101. The third kappa shape index (κ3) is 1.52. The lowest BCUT2D eigenvalue weighted by Crippen LogP contribution is -1.95. The monoisotopic (exact) mass is 173 g/mol. The van der Waals surface area contributed by atoms with Crippen molar-refractivity contribution in [3.05, 3.63) is 23.0 Å². The van der Waals surface area contributed by atoms with Crippen LogP contribution >= 0.6 is 0 Å². The molecule has 2 nitrogen and oxygen atoms in total. The van der Waals surface area contributed by atoms with Crippen molar-refractivity contribution in [2.75, 3.05) is 0 Å². The molecule has 0 spiro atoms. The molecule has 0 saturated heterocycles. The quantitative estimate of drug-likeness (QED) is 0.684. The average Bonchev–Trinajstić information content (AvgIpc) is 2.30. The van der Waals surface area contributed by atoms with Gasteiger partial charge in [-0.2, -0.15) is 0 Å². The van der Waals surface area contributed by atoms with Crippen molar-refractivity contribution in [1.29, 1.82) is 0 Å². The second-order valence-electron chi connectivity index (χ2n) is 2.64. The SMILES string of the molecule is CC(=O)c1[nH]c(C(F)F)cc1C. The number of aromatic amines is 1. The number of carbonyl (C=O) groups excluding carboxylic acids is 1. The van der Waals surface area contributed by atoms with Gasteiger partial charge in [-0.15, -0.1) is 0 Å². The number of rotatable bonds is 2. The normalized spacial score (nSPS) is 10.8. The highest BCUT2D eigenvalue weighted by molar-refractivity contribution is 5.93. The second-order valence-corrected chi connectivity index (χ2v) is 2.64. The van der Waals surface area contributed by atoms with E-state index in [-0.39, 0.29) is 17.2 Å². The fourth-order valence-corrected chi connectivity index (χ4v) is 1.07. The van der Waals surface area contributed by atoms with E-state index in [1.54, 1.807) is 6.92 Å². The summed E-state index contributed by atoms with van der Waals surface area (Å²) in [6, 6.07) is 1.29. The summed E-state index contributed by atoms with van der Waals surface area (Å²) in [4.78, 5) is 13.2. The third-order valence-corrected chi connectivity index (χ3v) is 1.62. The third-order valence-electron chi connectivity index (χ3n) is 1.62. The van der Waals surface area contributed by atoms with Crippen LogP contribution in [0.3, 0.4) is 0 Å². The lowest BCUT2D eigenvalue weighted by atomic mass is 10.2. The van der Waals surface area contributed by atoms with Gasteiger partial charge in [0.2, 0.25) is 0 Å². The van der Waals surface area contributed by atoms with Crippen LogP contribution in [-0.2, 0) is 0 Å². The minimum absolute atomic E-state index is 0.197. The maximum Gasteiger partial charge on any atom is 0.278 e. The summed E-state index contributed by atoms with van der Waals surface area (Å²) in [6.07, 6.45) is -2.54. The van der Waals surface area contributed by atoms with E-state index in [1.807, 2.05) is 0 Å². The number of aryl methyl sites for hydroxylation is 1. The van der Waals surface area contributed by atoms with Gasteiger partial charge < -0.3 is 4.98 Å². The van der Waals surface area contributed by atoms with Crippen LogP contribution < -0.4 is 0 Å². The average molecular weight is 173 g/mol. The smallest absolute Gasteiger partial charge is 0.278 e. The van der Waals surface area contributed by atoms with Crippen LogP contribution in [0.4, 0.5) is 8.78 Å². The summed E-state index contributed by atoms with van der Waals surface area (Å²) < 4.78 is 24.2. The number of H-pyrrole nitrogens is 1. The van der Waals surface area contributed by atoms with Crippen LogP contribution in [-0.4, -0.2) is 10.8 Å². The van der Waals surface area contributed by atoms with Gasteiger partial charge in [-0.1, -0.05) is 0 Å². The molecule has 0 fully saturated rings. The number of aromatic nitrogens is 1. The molecule has 4 heteroatoms. The van der Waals surface area contributed by atoms with Crippen molar-refractivity contribution in [3.63, 3.8) is 0 Å². The minimum atomic E-state index is -2.54. The van der Waals surface area contributed by atoms with Gasteiger partial charge in [0.1, 0.15) is 0 Å². The summed E-state index contributed by atoms with van der Waals surface area (Å²) in [5.74, 6) is -0.223. The van der Waals surface area contributed by atoms with E-state index >= 15 is 0 Å². The first-order valence-electron chi connectivity index (χ1n) is 3.51. The van der Waals surface area contributed by atoms with E-state index in [4.69, 9.17) is 0 Å². The number of hydrogen-bond acceptors (Lipinski definition) is 1. The fraction of sp³-hybridized carbons (Fsp3) is 0.375. The van der Waals surface area contributed by atoms with Crippen LogP contribution in [0.25, 0.3) is 0 Å².